The number of ether oxygens (including phenoxy) is 2. The lowest BCUT2D eigenvalue weighted by atomic mass is 9.95. The summed E-state index contributed by atoms with van der Waals surface area (Å²) >= 11 is 19.9. The fourth-order valence-electron chi connectivity index (χ4n) is 5.25. The predicted octanol–water partition coefficient (Wildman–Crippen LogP) is 7.42. The second kappa shape index (κ2) is 13.6. The first-order valence-electron chi connectivity index (χ1n) is 14.1. The number of halogens is 3. The Balaban J connectivity index is 1.39. The second-order valence-corrected chi connectivity index (χ2v) is 12.6. The van der Waals surface area contributed by atoms with Crippen LogP contribution in [0.2, 0.25) is 15.1 Å². The van der Waals surface area contributed by atoms with E-state index < -0.39 is 6.04 Å². The number of thiazole rings is 1. The Kier molecular flexibility index (Phi) is 9.33. The summed E-state index contributed by atoms with van der Waals surface area (Å²) in [6.45, 7) is 1.89. The summed E-state index contributed by atoms with van der Waals surface area (Å²) in [5.41, 5.74) is 3.58. The van der Waals surface area contributed by atoms with E-state index in [1.54, 1.807) is 42.9 Å². The minimum Gasteiger partial charge on any atom is -0.496 e. The van der Waals surface area contributed by atoms with Gasteiger partial charge in [-0.2, -0.15) is 0 Å². The molecule has 1 aliphatic heterocycles. The summed E-state index contributed by atoms with van der Waals surface area (Å²) in [5, 5.41) is 3.94. The van der Waals surface area contributed by atoms with Crippen molar-refractivity contribution in [3.05, 3.63) is 154 Å². The van der Waals surface area contributed by atoms with Gasteiger partial charge in [-0.25, -0.2) is 4.99 Å². The van der Waals surface area contributed by atoms with Crippen molar-refractivity contribution < 1.29 is 14.3 Å². The Labute approximate surface area is 283 Å². The number of methoxy groups -OCH3 is 1. The number of amides is 1. The van der Waals surface area contributed by atoms with Gasteiger partial charge in [-0.1, -0.05) is 101 Å². The molecule has 0 saturated heterocycles. The lowest BCUT2D eigenvalue weighted by Gasteiger charge is -2.25. The number of nitrogens with one attached hydrogen (secondary N) is 1. The third-order valence-corrected chi connectivity index (χ3v) is 9.11. The third-order valence-electron chi connectivity index (χ3n) is 7.35. The molecule has 0 fully saturated rings. The summed E-state index contributed by atoms with van der Waals surface area (Å²) in [7, 11) is 1.57. The van der Waals surface area contributed by atoms with Gasteiger partial charge >= 0.3 is 0 Å². The van der Waals surface area contributed by atoms with Gasteiger partial charge in [0.1, 0.15) is 12.4 Å². The van der Waals surface area contributed by atoms with Crippen LogP contribution in [0.15, 0.2) is 112 Å². The van der Waals surface area contributed by atoms with E-state index in [9.17, 15) is 9.59 Å². The first-order chi connectivity index (χ1) is 22.2. The second-order valence-electron chi connectivity index (χ2n) is 10.4. The maximum atomic E-state index is 14.1. The average molecular weight is 691 g/mol. The van der Waals surface area contributed by atoms with Gasteiger partial charge in [0.05, 0.1) is 39.0 Å². The predicted molar refractivity (Wildman–Crippen MR) is 184 cm³/mol. The lowest BCUT2D eigenvalue weighted by Crippen LogP contribution is -2.40. The van der Waals surface area contributed by atoms with Crippen LogP contribution in [0.1, 0.15) is 29.7 Å². The standard InChI is InChI=1S/C35H26Cl3N3O4S/c1-20-30(33(42)40-25-11-7-4-8-12-25)31(22-9-5-3-6-10-22)41-34(43)29(46-35(41)39-20)16-21-13-14-28(44-2)23(15-21)19-45-32-26(37)17-24(36)18-27(32)38/h3-18,31H,19H2,1-2H3,(H,40,42)/t31-/m0/s1. The molecule has 0 spiro atoms. The fourth-order valence-corrected chi connectivity index (χ4v) is 7.22. The van der Waals surface area contributed by atoms with Crippen molar-refractivity contribution in [2.24, 2.45) is 4.99 Å². The number of aromatic nitrogens is 1. The molecule has 11 heteroatoms. The number of carbonyl (C=O) groups excluding carboxylic acids is 1. The Morgan fingerprint density at radius 1 is 0.978 bits per heavy atom. The molecular weight excluding hydrogens is 665 g/mol. The topological polar surface area (TPSA) is 81.9 Å². The highest BCUT2D eigenvalue weighted by Crippen LogP contribution is 2.37. The average Bonchev–Trinajstić information content (AvgIpc) is 3.34. The van der Waals surface area contributed by atoms with E-state index >= 15 is 0 Å². The Hall–Kier alpha value is -4.34. The van der Waals surface area contributed by atoms with Gasteiger partial charge in [0.15, 0.2) is 10.6 Å². The monoisotopic (exact) mass is 689 g/mol. The molecule has 2 heterocycles. The van der Waals surface area contributed by atoms with Crippen molar-refractivity contribution in [3.8, 4) is 11.5 Å². The quantitative estimate of drug-likeness (QED) is 0.184. The normalized spacial score (nSPS) is 14.5. The molecule has 1 atom stereocenters. The van der Waals surface area contributed by atoms with Gasteiger partial charge in [-0.3, -0.25) is 14.2 Å². The van der Waals surface area contributed by atoms with Crippen LogP contribution in [0, 0.1) is 0 Å². The highest BCUT2D eigenvalue weighted by molar-refractivity contribution is 7.07. The molecule has 0 aliphatic carbocycles. The number of carbonyl (C=O) groups is 1. The fraction of sp³-hybridized carbons (Fsp3) is 0.114. The van der Waals surface area contributed by atoms with E-state index in [4.69, 9.17) is 49.3 Å². The number of hydrogen-bond acceptors (Lipinski definition) is 6. The molecule has 0 saturated carbocycles. The number of benzene rings is 4. The van der Waals surface area contributed by atoms with E-state index in [1.807, 2.05) is 72.8 Å². The van der Waals surface area contributed by atoms with E-state index in [1.165, 1.54) is 11.3 Å². The summed E-state index contributed by atoms with van der Waals surface area (Å²) in [6.07, 6.45) is 1.79. The largest absolute Gasteiger partial charge is 0.496 e. The van der Waals surface area contributed by atoms with E-state index in [2.05, 4.69) is 5.32 Å². The van der Waals surface area contributed by atoms with Crippen LogP contribution in [0.3, 0.4) is 0 Å². The molecule has 46 heavy (non-hydrogen) atoms. The number of nitrogens with zero attached hydrogens (tertiary/aromatic N) is 2. The van der Waals surface area contributed by atoms with Crippen molar-refractivity contribution >= 4 is 63.8 Å². The number of fused-ring (bicyclic) bond motifs is 1. The van der Waals surface area contributed by atoms with Crippen LogP contribution in [0.25, 0.3) is 6.08 Å². The molecule has 1 aliphatic rings. The molecule has 1 N–H and O–H groups in total. The first-order valence-corrected chi connectivity index (χ1v) is 16.1. The van der Waals surface area contributed by atoms with Gasteiger partial charge in [-0.15, -0.1) is 0 Å². The molecule has 7 nitrogen and oxygen atoms in total. The van der Waals surface area contributed by atoms with Gasteiger partial charge < -0.3 is 14.8 Å². The SMILES string of the molecule is COc1ccc(C=c2sc3n(c2=O)[C@@H](c2ccccc2)C(C(=O)Nc2ccccc2)=C(C)N=3)cc1COc1c(Cl)cc(Cl)cc1Cl. The van der Waals surface area contributed by atoms with Crippen LogP contribution in [-0.4, -0.2) is 17.6 Å². The number of anilines is 1. The molecule has 4 aromatic carbocycles. The van der Waals surface area contributed by atoms with Crippen molar-refractivity contribution in [2.45, 2.75) is 19.6 Å². The van der Waals surface area contributed by atoms with E-state index in [0.29, 0.717) is 48.4 Å². The molecular formula is C35H26Cl3N3O4S. The minimum atomic E-state index is -0.669. The molecule has 0 bridgehead atoms. The van der Waals surface area contributed by atoms with Gasteiger partial charge in [-0.05, 0) is 60.5 Å². The number of hydrogen-bond donors (Lipinski definition) is 1. The van der Waals surface area contributed by atoms with Crippen LogP contribution < -0.4 is 29.7 Å². The minimum absolute atomic E-state index is 0.0975. The molecule has 0 radical (unpaired) electrons. The zero-order valence-corrected chi connectivity index (χ0v) is 27.7. The zero-order valence-electron chi connectivity index (χ0n) is 24.6. The van der Waals surface area contributed by atoms with Crippen LogP contribution in [-0.2, 0) is 11.4 Å². The zero-order chi connectivity index (χ0) is 32.4. The maximum Gasteiger partial charge on any atom is 0.271 e. The van der Waals surface area contributed by atoms with Crippen LogP contribution >= 0.6 is 46.1 Å². The third kappa shape index (κ3) is 6.48. The van der Waals surface area contributed by atoms with Crippen molar-refractivity contribution in [1.29, 1.82) is 0 Å². The number of rotatable bonds is 8. The summed E-state index contributed by atoms with van der Waals surface area (Å²) in [6, 6.07) is 26.6. The van der Waals surface area contributed by atoms with Crippen molar-refractivity contribution in [2.75, 3.05) is 12.4 Å². The Morgan fingerprint density at radius 3 is 2.33 bits per heavy atom. The highest BCUT2D eigenvalue weighted by Gasteiger charge is 2.32. The highest BCUT2D eigenvalue weighted by atomic mass is 35.5. The molecule has 1 aromatic heterocycles. The first kappa shape index (κ1) is 31.6. The smallest absolute Gasteiger partial charge is 0.271 e. The summed E-state index contributed by atoms with van der Waals surface area (Å²) < 4.78 is 13.6. The molecule has 0 unspecified atom stereocenters. The molecule has 5 aromatic rings. The van der Waals surface area contributed by atoms with E-state index in [0.717, 1.165) is 11.1 Å². The van der Waals surface area contributed by atoms with Crippen molar-refractivity contribution in [1.82, 2.24) is 4.57 Å². The molecule has 232 valence electrons. The molecule has 6 rings (SSSR count). The van der Waals surface area contributed by atoms with Crippen molar-refractivity contribution in [3.63, 3.8) is 0 Å². The van der Waals surface area contributed by atoms with E-state index in [-0.39, 0.29) is 28.1 Å². The van der Waals surface area contributed by atoms with Crippen LogP contribution in [0.4, 0.5) is 5.69 Å². The summed E-state index contributed by atoms with van der Waals surface area (Å²) in [5.74, 6) is 0.571. The number of para-hydroxylation sites is 1. The molecule has 1 amide bonds. The van der Waals surface area contributed by atoms with Crippen LogP contribution in [0.5, 0.6) is 11.5 Å². The summed E-state index contributed by atoms with van der Waals surface area (Å²) in [4.78, 5) is 33.0. The number of allylic oxidation sites excluding steroid dienone is 1. The Bertz CT molecular complexity index is 2140. The Morgan fingerprint density at radius 2 is 1.65 bits per heavy atom. The van der Waals surface area contributed by atoms with Gasteiger partial charge in [0, 0.05) is 16.3 Å². The van der Waals surface area contributed by atoms with Gasteiger partial charge in [0.25, 0.3) is 11.5 Å². The van der Waals surface area contributed by atoms with Gasteiger partial charge in [0.2, 0.25) is 0 Å². The maximum absolute atomic E-state index is 14.1. The lowest BCUT2D eigenvalue weighted by molar-refractivity contribution is -0.113.